The minimum absolute atomic E-state index is 0. The first kappa shape index (κ1) is 18.6. The van der Waals surface area contributed by atoms with Crippen LogP contribution in [0, 0.1) is 6.92 Å². The van der Waals surface area contributed by atoms with Crippen molar-refractivity contribution in [3.05, 3.63) is 23.5 Å². The average molecular weight is 320 g/mol. The molecule has 2 heterocycles. The number of hydrogen-bond donors (Lipinski definition) is 3. The topological polar surface area (TPSA) is 96.7 Å². The minimum atomic E-state index is -0.109. The third-order valence-electron chi connectivity index (χ3n) is 2.78. The number of H-pyrrole nitrogens is 1. The van der Waals surface area contributed by atoms with Crippen molar-refractivity contribution in [3.8, 4) is 0 Å². The van der Waals surface area contributed by atoms with Gasteiger partial charge < -0.3 is 11.1 Å². The van der Waals surface area contributed by atoms with E-state index in [0.717, 1.165) is 23.9 Å². The van der Waals surface area contributed by atoms with Gasteiger partial charge in [-0.3, -0.25) is 9.89 Å². The minimum Gasteiger partial charge on any atom is -0.352 e. The number of carbonyl (C=O) groups is 1. The van der Waals surface area contributed by atoms with Gasteiger partial charge in [-0.05, 0) is 32.4 Å². The average Bonchev–Trinajstić information content (AvgIpc) is 2.76. The van der Waals surface area contributed by atoms with Crippen molar-refractivity contribution in [2.24, 2.45) is 5.73 Å². The second kappa shape index (κ2) is 8.73. The number of aromatic nitrogens is 3. The molecule has 0 bridgehead atoms. The van der Waals surface area contributed by atoms with Gasteiger partial charge >= 0.3 is 0 Å². The number of nitrogens with two attached hydrogens (primary N) is 1. The van der Waals surface area contributed by atoms with Crippen molar-refractivity contribution < 1.29 is 4.79 Å². The maximum absolute atomic E-state index is 11.9. The first-order chi connectivity index (χ1) is 8.72. The number of carbonyl (C=O) groups excluding carboxylic acids is 1. The van der Waals surface area contributed by atoms with Crippen LogP contribution in [0.1, 0.15) is 28.9 Å². The normalized spacial score (nSPS) is 9.70. The SMILES string of the molecule is Cc1[nH]nc2ncc(C(=O)NCCCCN)cc12.Cl.Cl. The number of nitrogens with one attached hydrogen (secondary N) is 2. The Morgan fingerprint density at radius 2 is 2.15 bits per heavy atom. The molecule has 0 fully saturated rings. The van der Waals surface area contributed by atoms with Crippen molar-refractivity contribution in [1.82, 2.24) is 20.5 Å². The molecule has 2 aromatic rings. The van der Waals surface area contributed by atoms with Crippen LogP contribution >= 0.6 is 24.8 Å². The number of fused-ring (bicyclic) bond motifs is 1. The maximum Gasteiger partial charge on any atom is 0.252 e. The van der Waals surface area contributed by atoms with Gasteiger partial charge in [-0.15, -0.1) is 24.8 Å². The van der Waals surface area contributed by atoms with E-state index in [2.05, 4.69) is 20.5 Å². The number of aryl methyl sites for hydroxylation is 1. The molecule has 0 aliphatic rings. The van der Waals surface area contributed by atoms with E-state index >= 15 is 0 Å². The van der Waals surface area contributed by atoms with Gasteiger partial charge in [0.2, 0.25) is 0 Å². The highest BCUT2D eigenvalue weighted by Gasteiger charge is 2.09. The predicted octanol–water partition coefficient (Wildman–Crippen LogP) is 1.58. The zero-order valence-electron chi connectivity index (χ0n) is 11.2. The summed E-state index contributed by atoms with van der Waals surface area (Å²) in [6, 6.07) is 1.80. The Labute approximate surface area is 129 Å². The molecule has 0 aliphatic carbocycles. The summed E-state index contributed by atoms with van der Waals surface area (Å²) >= 11 is 0. The monoisotopic (exact) mass is 319 g/mol. The summed E-state index contributed by atoms with van der Waals surface area (Å²) in [4.78, 5) is 16.0. The molecule has 2 rings (SSSR count). The highest BCUT2D eigenvalue weighted by Crippen LogP contribution is 2.14. The first-order valence-electron chi connectivity index (χ1n) is 6.01. The molecule has 0 saturated carbocycles. The highest BCUT2D eigenvalue weighted by atomic mass is 35.5. The van der Waals surface area contributed by atoms with Crippen LogP contribution in [0.3, 0.4) is 0 Å². The molecule has 4 N–H and O–H groups in total. The van der Waals surface area contributed by atoms with Gasteiger partial charge in [-0.2, -0.15) is 5.10 Å². The number of aromatic amines is 1. The van der Waals surface area contributed by atoms with E-state index in [-0.39, 0.29) is 30.7 Å². The highest BCUT2D eigenvalue weighted by molar-refractivity contribution is 5.97. The maximum atomic E-state index is 11.9. The smallest absolute Gasteiger partial charge is 0.252 e. The summed E-state index contributed by atoms with van der Waals surface area (Å²) in [6.45, 7) is 3.19. The fourth-order valence-corrected chi connectivity index (χ4v) is 1.72. The van der Waals surface area contributed by atoms with E-state index in [1.54, 1.807) is 12.3 Å². The number of amides is 1. The van der Waals surface area contributed by atoms with E-state index < -0.39 is 0 Å². The van der Waals surface area contributed by atoms with Crippen molar-refractivity contribution in [1.29, 1.82) is 0 Å². The third-order valence-corrected chi connectivity index (χ3v) is 2.78. The van der Waals surface area contributed by atoms with E-state index in [4.69, 9.17) is 5.73 Å². The van der Waals surface area contributed by atoms with E-state index in [9.17, 15) is 4.79 Å². The van der Waals surface area contributed by atoms with Crippen LogP contribution in [0.25, 0.3) is 11.0 Å². The lowest BCUT2D eigenvalue weighted by molar-refractivity contribution is 0.0953. The number of nitrogens with zero attached hydrogens (tertiary/aromatic N) is 2. The molecule has 0 unspecified atom stereocenters. The molecule has 0 atom stereocenters. The van der Waals surface area contributed by atoms with Crippen LogP contribution < -0.4 is 11.1 Å². The number of halogens is 2. The molecular formula is C12H19Cl2N5O. The summed E-state index contributed by atoms with van der Waals surface area (Å²) in [6.07, 6.45) is 3.35. The van der Waals surface area contributed by atoms with Crippen molar-refractivity contribution in [2.45, 2.75) is 19.8 Å². The second-order valence-electron chi connectivity index (χ2n) is 4.20. The molecular weight excluding hydrogens is 301 g/mol. The largest absolute Gasteiger partial charge is 0.352 e. The molecule has 2 aromatic heterocycles. The summed E-state index contributed by atoms with van der Waals surface area (Å²) in [5.41, 5.74) is 7.49. The quantitative estimate of drug-likeness (QED) is 0.729. The van der Waals surface area contributed by atoms with Gasteiger partial charge in [0, 0.05) is 23.8 Å². The molecule has 20 heavy (non-hydrogen) atoms. The van der Waals surface area contributed by atoms with Gasteiger partial charge in [0.25, 0.3) is 5.91 Å². The first-order valence-corrected chi connectivity index (χ1v) is 6.01. The molecule has 6 nitrogen and oxygen atoms in total. The predicted molar refractivity (Wildman–Crippen MR) is 83.7 cm³/mol. The van der Waals surface area contributed by atoms with Crippen molar-refractivity contribution in [3.63, 3.8) is 0 Å². The fourth-order valence-electron chi connectivity index (χ4n) is 1.72. The Balaban J connectivity index is 0.00000180. The molecule has 112 valence electrons. The number of hydrogen-bond acceptors (Lipinski definition) is 4. The standard InChI is InChI=1S/C12H17N5O.2ClH/c1-8-10-6-9(7-15-11(10)17-16-8)12(18)14-5-3-2-4-13;;/h6-7H,2-5,13H2,1H3,(H,14,18)(H,15,16,17);2*1H. The van der Waals surface area contributed by atoms with Crippen LogP contribution in [-0.2, 0) is 0 Å². The lowest BCUT2D eigenvalue weighted by Crippen LogP contribution is -2.25. The van der Waals surface area contributed by atoms with Gasteiger partial charge in [-0.25, -0.2) is 4.98 Å². The van der Waals surface area contributed by atoms with Gasteiger partial charge in [0.05, 0.1) is 5.56 Å². The lowest BCUT2D eigenvalue weighted by atomic mass is 10.2. The van der Waals surface area contributed by atoms with Gasteiger partial charge in [0.15, 0.2) is 5.65 Å². The Hall–Kier alpha value is -1.37. The Morgan fingerprint density at radius 3 is 2.85 bits per heavy atom. The summed E-state index contributed by atoms with van der Waals surface area (Å²) in [7, 11) is 0. The number of pyridine rings is 1. The fraction of sp³-hybridized carbons (Fsp3) is 0.417. The Kier molecular flexibility index (Phi) is 8.13. The summed E-state index contributed by atoms with van der Waals surface area (Å²) < 4.78 is 0. The van der Waals surface area contributed by atoms with Crippen molar-refractivity contribution in [2.75, 3.05) is 13.1 Å². The molecule has 0 aliphatic heterocycles. The van der Waals surface area contributed by atoms with E-state index in [0.29, 0.717) is 24.3 Å². The van der Waals surface area contributed by atoms with Crippen LogP contribution in [0.15, 0.2) is 12.3 Å². The third kappa shape index (κ3) is 4.33. The molecule has 8 heteroatoms. The molecule has 1 amide bonds. The number of rotatable bonds is 5. The van der Waals surface area contributed by atoms with Gasteiger partial charge in [0.1, 0.15) is 0 Å². The van der Waals surface area contributed by atoms with Crippen molar-refractivity contribution >= 4 is 41.8 Å². The Bertz CT molecular complexity index is 558. The number of unbranched alkanes of at least 4 members (excludes halogenated alkanes) is 1. The molecule has 0 aromatic carbocycles. The van der Waals surface area contributed by atoms with Crippen LogP contribution in [0.2, 0.25) is 0 Å². The summed E-state index contributed by atoms with van der Waals surface area (Å²) in [5, 5.41) is 10.6. The van der Waals surface area contributed by atoms with E-state index in [1.807, 2.05) is 6.92 Å². The lowest BCUT2D eigenvalue weighted by Gasteiger charge is -2.04. The Morgan fingerprint density at radius 1 is 1.40 bits per heavy atom. The molecule has 0 radical (unpaired) electrons. The van der Waals surface area contributed by atoms with Gasteiger partial charge in [-0.1, -0.05) is 0 Å². The van der Waals surface area contributed by atoms with Crippen LogP contribution in [0.5, 0.6) is 0 Å². The second-order valence-corrected chi connectivity index (χ2v) is 4.20. The van der Waals surface area contributed by atoms with E-state index in [1.165, 1.54) is 0 Å². The van der Waals surface area contributed by atoms with Crippen LogP contribution in [-0.4, -0.2) is 34.2 Å². The summed E-state index contributed by atoms with van der Waals surface area (Å²) in [5.74, 6) is -0.109. The molecule has 0 spiro atoms. The molecule has 0 saturated heterocycles. The zero-order valence-corrected chi connectivity index (χ0v) is 12.8. The van der Waals surface area contributed by atoms with Crippen LogP contribution in [0.4, 0.5) is 0 Å². The zero-order chi connectivity index (χ0) is 13.0.